The molecule has 3 N–H and O–H groups in total. The highest BCUT2D eigenvalue weighted by Gasteiger charge is 2.13. The fourth-order valence-electron chi connectivity index (χ4n) is 2.20. The fraction of sp³-hybridized carbons (Fsp3) is 0.800. The van der Waals surface area contributed by atoms with Crippen molar-refractivity contribution in [2.45, 2.75) is 65.3 Å². The molecule has 0 spiro atoms. The van der Waals surface area contributed by atoms with Crippen LogP contribution in [0.2, 0.25) is 0 Å². The molecule has 1 aromatic heterocycles. The largest absolute Gasteiger partial charge is 0.352 e. The number of carbonyl (C=O) groups excluding carboxylic acids is 1. The second-order valence-corrected chi connectivity index (χ2v) is 5.84. The Labute approximate surface area is 126 Å². The second-order valence-electron chi connectivity index (χ2n) is 5.84. The summed E-state index contributed by atoms with van der Waals surface area (Å²) in [4.78, 5) is 16.1. The maximum atomic E-state index is 11.9. The second kappa shape index (κ2) is 9.50. The molecule has 0 aliphatic rings. The van der Waals surface area contributed by atoms with Gasteiger partial charge < -0.3 is 15.6 Å². The Morgan fingerprint density at radius 3 is 2.76 bits per heavy atom. The molecular weight excluding hydrogens is 268 g/mol. The molecule has 0 aromatic carbocycles. The number of amides is 1. The molecule has 0 bridgehead atoms. The van der Waals surface area contributed by atoms with E-state index < -0.39 is 0 Å². The average Bonchev–Trinajstić information content (AvgIpc) is 2.85. The van der Waals surface area contributed by atoms with E-state index >= 15 is 0 Å². The van der Waals surface area contributed by atoms with Gasteiger partial charge in [-0.15, -0.1) is 0 Å². The summed E-state index contributed by atoms with van der Waals surface area (Å²) < 4.78 is 5.14. The Morgan fingerprint density at radius 2 is 2.14 bits per heavy atom. The molecule has 1 heterocycles. The molecule has 0 saturated carbocycles. The molecular formula is C15H28N4O2. The standard InChI is InChI=1S/C15H28N4O2/c1-4-6-13-18-15(21-19-13)8-5-7-14(20)17-12(10-16)9-11(2)3/h11-12H,4-10,16H2,1-3H3,(H,17,20). The van der Waals surface area contributed by atoms with Crippen molar-refractivity contribution in [3.8, 4) is 0 Å². The average molecular weight is 296 g/mol. The van der Waals surface area contributed by atoms with Crippen molar-refractivity contribution in [1.82, 2.24) is 15.5 Å². The van der Waals surface area contributed by atoms with Gasteiger partial charge in [-0.1, -0.05) is 25.9 Å². The molecule has 120 valence electrons. The van der Waals surface area contributed by atoms with Gasteiger partial charge in [0.1, 0.15) is 0 Å². The Bertz CT molecular complexity index is 418. The summed E-state index contributed by atoms with van der Waals surface area (Å²) >= 11 is 0. The molecule has 1 aromatic rings. The number of nitrogens with two attached hydrogens (primary N) is 1. The number of aromatic nitrogens is 2. The third-order valence-electron chi connectivity index (χ3n) is 3.18. The summed E-state index contributed by atoms with van der Waals surface area (Å²) in [5.41, 5.74) is 5.67. The van der Waals surface area contributed by atoms with E-state index in [1.165, 1.54) is 0 Å². The number of hydrogen-bond donors (Lipinski definition) is 2. The molecule has 1 unspecified atom stereocenters. The molecule has 1 rings (SSSR count). The highest BCUT2D eigenvalue weighted by molar-refractivity contribution is 5.76. The highest BCUT2D eigenvalue weighted by atomic mass is 16.5. The van der Waals surface area contributed by atoms with Crippen molar-refractivity contribution in [2.75, 3.05) is 6.54 Å². The first-order chi connectivity index (χ1) is 10.0. The van der Waals surface area contributed by atoms with Gasteiger partial charge >= 0.3 is 0 Å². The predicted molar refractivity (Wildman–Crippen MR) is 81.7 cm³/mol. The van der Waals surface area contributed by atoms with Gasteiger partial charge in [0, 0.05) is 31.8 Å². The third kappa shape index (κ3) is 7.22. The lowest BCUT2D eigenvalue weighted by Gasteiger charge is -2.18. The van der Waals surface area contributed by atoms with Crippen LogP contribution in [0.25, 0.3) is 0 Å². The number of hydrogen-bond acceptors (Lipinski definition) is 5. The number of nitrogens with one attached hydrogen (secondary N) is 1. The zero-order chi connectivity index (χ0) is 15.7. The first kappa shape index (κ1) is 17.6. The van der Waals surface area contributed by atoms with Crippen LogP contribution in [0, 0.1) is 5.92 Å². The van der Waals surface area contributed by atoms with Crippen molar-refractivity contribution in [2.24, 2.45) is 11.7 Å². The molecule has 6 nitrogen and oxygen atoms in total. The van der Waals surface area contributed by atoms with E-state index in [4.69, 9.17) is 10.3 Å². The van der Waals surface area contributed by atoms with Crippen LogP contribution in [-0.4, -0.2) is 28.6 Å². The summed E-state index contributed by atoms with van der Waals surface area (Å²) in [6.07, 6.45) is 4.54. The van der Waals surface area contributed by atoms with Crippen molar-refractivity contribution < 1.29 is 9.32 Å². The van der Waals surface area contributed by atoms with Crippen LogP contribution in [0.4, 0.5) is 0 Å². The molecule has 1 amide bonds. The van der Waals surface area contributed by atoms with E-state index in [2.05, 4.69) is 36.2 Å². The summed E-state index contributed by atoms with van der Waals surface area (Å²) in [6.45, 7) is 6.80. The maximum absolute atomic E-state index is 11.9. The number of rotatable bonds is 10. The van der Waals surface area contributed by atoms with Crippen molar-refractivity contribution in [1.29, 1.82) is 0 Å². The van der Waals surface area contributed by atoms with E-state index in [0.29, 0.717) is 37.6 Å². The van der Waals surface area contributed by atoms with Crippen LogP contribution < -0.4 is 11.1 Å². The van der Waals surface area contributed by atoms with Crippen LogP contribution in [-0.2, 0) is 17.6 Å². The number of nitrogens with zero attached hydrogens (tertiary/aromatic N) is 2. The lowest BCUT2D eigenvalue weighted by atomic mass is 10.0. The third-order valence-corrected chi connectivity index (χ3v) is 3.18. The van der Waals surface area contributed by atoms with E-state index in [1.807, 2.05) is 0 Å². The topological polar surface area (TPSA) is 94.0 Å². The van der Waals surface area contributed by atoms with Gasteiger partial charge in [-0.3, -0.25) is 4.79 Å². The summed E-state index contributed by atoms with van der Waals surface area (Å²) in [5, 5.41) is 6.87. The predicted octanol–water partition coefficient (Wildman–Crippen LogP) is 1.83. The van der Waals surface area contributed by atoms with E-state index in [-0.39, 0.29) is 11.9 Å². The Morgan fingerprint density at radius 1 is 1.38 bits per heavy atom. The van der Waals surface area contributed by atoms with Crippen LogP contribution >= 0.6 is 0 Å². The molecule has 0 radical (unpaired) electrons. The van der Waals surface area contributed by atoms with E-state index in [0.717, 1.165) is 25.1 Å². The van der Waals surface area contributed by atoms with Crippen LogP contribution in [0.3, 0.4) is 0 Å². The first-order valence-electron chi connectivity index (χ1n) is 7.86. The zero-order valence-corrected chi connectivity index (χ0v) is 13.4. The smallest absolute Gasteiger partial charge is 0.226 e. The normalized spacial score (nSPS) is 12.6. The van der Waals surface area contributed by atoms with Crippen LogP contribution in [0.5, 0.6) is 0 Å². The van der Waals surface area contributed by atoms with Crippen molar-refractivity contribution in [3.63, 3.8) is 0 Å². The molecule has 0 fully saturated rings. The van der Waals surface area contributed by atoms with Gasteiger partial charge in [0.25, 0.3) is 0 Å². The van der Waals surface area contributed by atoms with Gasteiger partial charge in [-0.25, -0.2) is 0 Å². The SMILES string of the molecule is CCCc1noc(CCCC(=O)NC(CN)CC(C)C)n1. The molecule has 0 saturated heterocycles. The van der Waals surface area contributed by atoms with Gasteiger partial charge in [-0.2, -0.15) is 4.98 Å². The minimum absolute atomic E-state index is 0.0411. The molecule has 6 heteroatoms. The Balaban J connectivity index is 2.25. The monoisotopic (exact) mass is 296 g/mol. The minimum atomic E-state index is 0.0411. The molecule has 21 heavy (non-hydrogen) atoms. The maximum Gasteiger partial charge on any atom is 0.226 e. The van der Waals surface area contributed by atoms with Gasteiger partial charge in [0.2, 0.25) is 11.8 Å². The van der Waals surface area contributed by atoms with E-state index in [9.17, 15) is 4.79 Å². The zero-order valence-electron chi connectivity index (χ0n) is 13.4. The number of aryl methyl sites for hydroxylation is 2. The highest BCUT2D eigenvalue weighted by Crippen LogP contribution is 2.06. The Kier molecular flexibility index (Phi) is 7.97. The van der Waals surface area contributed by atoms with Crippen LogP contribution in [0.15, 0.2) is 4.52 Å². The van der Waals surface area contributed by atoms with Gasteiger partial charge in [0.15, 0.2) is 5.82 Å². The Hall–Kier alpha value is -1.43. The van der Waals surface area contributed by atoms with E-state index in [1.54, 1.807) is 0 Å². The van der Waals surface area contributed by atoms with Gasteiger partial charge in [0.05, 0.1) is 0 Å². The number of carbonyl (C=O) groups is 1. The fourth-order valence-corrected chi connectivity index (χ4v) is 2.20. The lowest BCUT2D eigenvalue weighted by molar-refractivity contribution is -0.121. The van der Waals surface area contributed by atoms with Crippen LogP contribution in [0.1, 0.15) is 58.2 Å². The molecule has 1 atom stereocenters. The molecule has 0 aliphatic carbocycles. The minimum Gasteiger partial charge on any atom is -0.352 e. The summed E-state index contributed by atoms with van der Waals surface area (Å²) in [7, 11) is 0. The van der Waals surface area contributed by atoms with Crippen molar-refractivity contribution in [3.05, 3.63) is 11.7 Å². The summed E-state index contributed by atoms with van der Waals surface area (Å²) in [5.74, 6) is 1.93. The molecule has 0 aliphatic heterocycles. The van der Waals surface area contributed by atoms with Gasteiger partial charge in [-0.05, 0) is 25.2 Å². The van der Waals surface area contributed by atoms with Crippen molar-refractivity contribution >= 4 is 5.91 Å². The first-order valence-corrected chi connectivity index (χ1v) is 7.86. The summed E-state index contributed by atoms with van der Waals surface area (Å²) in [6, 6.07) is 0.0667. The quantitative estimate of drug-likeness (QED) is 0.687. The lowest BCUT2D eigenvalue weighted by Crippen LogP contribution is -2.40.